The molecule has 7 heteroatoms. The van der Waals surface area contributed by atoms with Crippen LogP contribution in [0.1, 0.15) is 13.3 Å². The Bertz CT molecular complexity index is 720. The summed E-state index contributed by atoms with van der Waals surface area (Å²) in [6.07, 6.45) is 2.25. The van der Waals surface area contributed by atoms with E-state index in [-0.39, 0.29) is 10.7 Å². The van der Waals surface area contributed by atoms with Crippen LogP contribution >= 0.6 is 0 Å². The summed E-state index contributed by atoms with van der Waals surface area (Å²) in [5, 5.41) is 2.90. The first-order valence-corrected chi connectivity index (χ1v) is 7.98. The average Bonchev–Trinajstić information content (AvgIpc) is 2.45. The molecule has 0 amide bonds. The number of hydrogen-bond acceptors (Lipinski definition) is 4. The van der Waals surface area contributed by atoms with Gasteiger partial charge >= 0.3 is 0 Å². The Morgan fingerprint density at radius 3 is 2.76 bits per heavy atom. The zero-order valence-corrected chi connectivity index (χ0v) is 12.3. The van der Waals surface area contributed by atoms with Crippen molar-refractivity contribution in [2.45, 2.75) is 18.4 Å². The molecule has 0 radical (unpaired) electrons. The van der Waals surface area contributed by atoms with Crippen LogP contribution in [-0.4, -0.2) is 19.9 Å². The van der Waals surface area contributed by atoms with Gasteiger partial charge in [-0.3, -0.25) is 4.72 Å². The van der Waals surface area contributed by atoms with E-state index in [0.29, 0.717) is 12.2 Å². The Balaban J connectivity index is 2.31. The number of anilines is 2. The molecule has 2 rings (SSSR count). The van der Waals surface area contributed by atoms with E-state index in [0.717, 1.165) is 12.5 Å². The summed E-state index contributed by atoms with van der Waals surface area (Å²) in [5.41, 5.74) is 0.574. The van der Waals surface area contributed by atoms with Crippen LogP contribution < -0.4 is 10.0 Å². The third-order valence-corrected chi connectivity index (χ3v) is 4.01. The average molecular weight is 309 g/mol. The van der Waals surface area contributed by atoms with E-state index in [9.17, 15) is 12.8 Å². The van der Waals surface area contributed by atoms with Gasteiger partial charge in [0.2, 0.25) is 0 Å². The van der Waals surface area contributed by atoms with Crippen molar-refractivity contribution in [3.8, 4) is 0 Å². The number of nitrogens with zero attached hydrogens (tertiary/aromatic N) is 1. The summed E-state index contributed by atoms with van der Waals surface area (Å²) in [4.78, 5) is 3.92. The van der Waals surface area contributed by atoms with E-state index in [1.165, 1.54) is 24.4 Å². The Morgan fingerprint density at radius 1 is 1.24 bits per heavy atom. The fraction of sp³-hybridized carbons (Fsp3) is 0.214. The van der Waals surface area contributed by atoms with Crippen LogP contribution in [0.2, 0.25) is 0 Å². The number of halogens is 1. The molecule has 0 unspecified atom stereocenters. The predicted octanol–water partition coefficient (Wildman–Crippen LogP) is 2.84. The summed E-state index contributed by atoms with van der Waals surface area (Å²) in [6.45, 7) is 2.61. The number of nitrogens with one attached hydrogen (secondary N) is 2. The highest BCUT2D eigenvalue weighted by atomic mass is 32.2. The van der Waals surface area contributed by atoms with Crippen molar-refractivity contribution in [1.82, 2.24) is 4.98 Å². The van der Waals surface area contributed by atoms with Crippen LogP contribution in [0.4, 0.5) is 15.8 Å². The van der Waals surface area contributed by atoms with Gasteiger partial charge in [0, 0.05) is 12.7 Å². The van der Waals surface area contributed by atoms with Gasteiger partial charge in [-0.25, -0.2) is 9.37 Å². The molecule has 2 aromatic rings. The second-order valence-corrected chi connectivity index (χ2v) is 6.00. The zero-order chi connectivity index (χ0) is 15.3. The molecule has 0 aliphatic carbocycles. The van der Waals surface area contributed by atoms with Crippen molar-refractivity contribution >= 4 is 21.4 Å². The van der Waals surface area contributed by atoms with Crippen LogP contribution in [-0.2, 0) is 10.0 Å². The molecule has 2 N–H and O–H groups in total. The summed E-state index contributed by atoms with van der Waals surface area (Å²) in [7, 11) is -3.88. The maximum atomic E-state index is 13.1. The third-order valence-electron chi connectivity index (χ3n) is 2.67. The van der Waals surface area contributed by atoms with Gasteiger partial charge in [0.15, 0.2) is 5.03 Å². The summed E-state index contributed by atoms with van der Waals surface area (Å²) < 4.78 is 40.2. The van der Waals surface area contributed by atoms with Crippen molar-refractivity contribution in [3.63, 3.8) is 0 Å². The molecule has 1 aromatic carbocycles. The molecule has 0 aliphatic rings. The lowest BCUT2D eigenvalue weighted by Crippen LogP contribution is -2.17. The fourth-order valence-corrected chi connectivity index (χ4v) is 2.92. The molecule has 112 valence electrons. The van der Waals surface area contributed by atoms with Crippen LogP contribution in [0.25, 0.3) is 0 Å². The van der Waals surface area contributed by atoms with Gasteiger partial charge in [0.1, 0.15) is 5.82 Å². The van der Waals surface area contributed by atoms with E-state index in [4.69, 9.17) is 0 Å². The minimum absolute atomic E-state index is 0.109. The normalized spacial score (nSPS) is 11.1. The number of pyridine rings is 1. The fourth-order valence-electron chi connectivity index (χ4n) is 1.75. The van der Waals surface area contributed by atoms with Gasteiger partial charge in [-0.05, 0) is 36.8 Å². The smallest absolute Gasteiger partial charge is 0.281 e. The Morgan fingerprint density at radius 2 is 2.05 bits per heavy atom. The number of hydrogen-bond donors (Lipinski definition) is 2. The lowest BCUT2D eigenvalue weighted by Gasteiger charge is -2.12. The maximum Gasteiger partial charge on any atom is 0.281 e. The molecule has 21 heavy (non-hydrogen) atoms. The summed E-state index contributed by atoms with van der Waals surface area (Å²) >= 11 is 0. The van der Waals surface area contributed by atoms with E-state index in [2.05, 4.69) is 15.0 Å². The largest absolute Gasteiger partial charge is 0.383 e. The molecule has 0 bridgehead atoms. The van der Waals surface area contributed by atoms with Gasteiger partial charge in [0.05, 0.1) is 11.4 Å². The van der Waals surface area contributed by atoms with Gasteiger partial charge in [-0.1, -0.05) is 13.0 Å². The second kappa shape index (κ2) is 6.53. The van der Waals surface area contributed by atoms with Crippen LogP contribution in [0.15, 0.2) is 47.6 Å². The predicted molar refractivity (Wildman–Crippen MR) is 80.2 cm³/mol. The van der Waals surface area contributed by atoms with E-state index in [1.54, 1.807) is 12.1 Å². The molecule has 0 spiro atoms. The highest BCUT2D eigenvalue weighted by molar-refractivity contribution is 7.92. The van der Waals surface area contributed by atoms with Gasteiger partial charge in [0.25, 0.3) is 10.0 Å². The van der Waals surface area contributed by atoms with E-state index < -0.39 is 15.8 Å². The number of aromatic nitrogens is 1. The topological polar surface area (TPSA) is 71.1 Å². The van der Waals surface area contributed by atoms with Gasteiger partial charge < -0.3 is 5.32 Å². The number of benzene rings is 1. The Hall–Kier alpha value is -2.15. The molecule has 0 saturated heterocycles. The van der Waals surface area contributed by atoms with Gasteiger partial charge in [-0.2, -0.15) is 8.42 Å². The standard InChI is InChI=1S/C14H16FN3O2S/c1-2-8-16-13-7-4-9-17-14(13)21(19,20)18-12-6-3-5-11(15)10-12/h3-7,9-10,16,18H,2,8H2,1H3. The molecule has 5 nitrogen and oxygen atoms in total. The maximum absolute atomic E-state index is 13.1. The van der Waals surface area contributed by atoms with Crippen molar-refractivity contribution in [2.75, 3.05) is 16.6 Å². The lowest BCUT2D eigenvalue weighted by atomic mass is 10.3. The van der Waals surface area contributed by atoms with Crippen molar-refractivity contribution < 1.29 is 12.8 Å². The summed E-state index contributed by atoms with van der Waals surface area (Å²) in [6, 6.07) is 8.55. The van der Waals surface area contributed by atoms with E-state index in [1.807, 2.05) is 6.92 Å². The minimum atomic E-state index is -3.88. The first-order chi connectivity index (χ1) is 10.0. The molecular weight excluding hydrogens is 293 g/mol. The lowest BCUT2D eigenvalue weighted by molar-refractivity contribution is 0.597. The van der Waals surface area contributed by atoms with Gasteiger partial charge in [-0.15, -0.1) is 0 Å². The van der Waals surface area contributed by atoms with Crippen molar-refractivity contribution in [1.29, 1.82) is 0 Å². The highest BCUT2D eigenvalue weighted by Crippen LogP contribution is 2.21. The quantitative estimate of drug-likeness (QED) is 0.861. The number of sulfonamides is 1. The minimum Gasteiger partial charge on any atom is -0.383 e. The SMILES string of the molecule is CCCNc1cccnc1S(=O)(=O)Nc1cccc(F)c1. The van der Waals surface area contributed by atoms with Crippen LogP contribution in [0, 0.1) is 5.82 Å². The van der Waals surface area contributed by atoms with Crippen molar-refractivity contribution in [2.24, 2.45) is 0 Å². The zero-order valence-electron chi connectivity index (χ0n) is 11.5. The first kappa shape index (κ1) is 15.2. The monoisotopic (exact) mass is 309 g/mol. The molecule has 0 aliphatic heterocycles. The van der Waals surface area contributed by atoms with Crippen molar-refractivity contribution in [3.05, 3.63) is 48.4 Å². The first-order valence-electron chi connectivity index (χ1n) is 6.50. The Kier molecular flexibility index (Phi) is 4.74. The molecule has 0 saturated carbocycles. The molecular formula is C14H16FN3O2S. The summed E-state index contributed by atoms with van der Waals surface area (Å²) in [5.74, 6) is -0.513. The number of rotatable bonds is 6. The van der Waals surface area contributed by atoms with Crippen LogP contribution in [0.3, 0.4) is 0 Å². The Labute approximate surface area is 123 Å². The molecule has 0 fully saturated rings. The molecule has 1 heterocycles. The highest BCUT2D eigenvalue weighted by Gasteiger charge is 2.20. The van der Waals surface area contributed by atoms with E-state index >= 15 is 0 Å². The second-order valence-electron chi connectivity index (χ2n) is 4.40. The van der Waals surface area contributed by atoms with Crippen LogP contribution in [0.5, 0.6) is 0 Å². The molecule has 0 atom stereocenters. The third kappa shape index (κ3) is 3.91. The molecule has 1 aromatic heterocycles.